The number of benzene rings is 2. The van der Waals surface area contributed by atoms with Crippen LogP contribution in [0, 0.1) is 0 Å². The molecule has 2 amide bonds. The van der Waals surface area contributed by atoms with E-state index in [0.717, 1.165) is 11.1 Å². The van der Waals surface area contributed by atoms with E-state index < -0.39 is 17.9 Å². The molecule has 2 N–H and O–H groups in total. The Labute approximate surface area is 145 Å². The first-order valence-electron chi connectivity index (χ1n) is 7.87. The number of carbonyl (C=O) groups is 2. The minimum atomic E-state index is -0.754. The maximum Gasteiger partial charge on any atom is 0.314 e. The third-order valence-electron chi connectivity index (χ3n) is 3.65. The molecule has 5 heteroatoms. The van der Waals surface area contributed by atoms with Gasteiger partial charge >= 0.3 is 11.8 Å². The van der Waals surface area contributed by atoms with E-state index in [1.807, 2.05) is 60.7 Å². The van der Waals surface area contributed by atoms with Crippen LogP contribution in [0.5, 0.6) is 0 Å². The number of rotatable bonds is 4. The fourth-order valence-electron chi connectivity index (χ4n) is 2.46. The molecule has 5 nitrogen and oxygen atoms in total. The Balaban J connectivity index is 1.78. The van der Waals surface area contributed by atoms with Crippen molar-refractivity contribution in [3.8, 4) is 0 Å². The van der Waals surface area contributed by atoms with Gasteiger partial charge in [-0.05, 0) is 23.3 Å². The van der Waals surface area contributed by atoms with Crippen LogP contribution in [0.4, 0.5) is 5.82 Å². The third kappa shape index (κ3) is 4.29. The van der Waals surface area contributed by atoms with Gasteiger partial charge in [0.05, 0.1) is 6.04 Å². The normalized spacial score (nSPS) is 10.3. The predicted octanol–water partition coefficient (Wildman–Crippen LogP) is 2.93. The zero-order chi connectivity index (χ0) is 17.5. The predicted molar refractivity (Wildman–Crippen MR) is 95.7 cm³/mol. The number of nitrogens with zero attached hydrogens (tertiary/aromatic N) is 1. The summed E-state index contributed by atoms with van der Waals surface area (Å²) in [5.41, 5.74) is 1.79. The number of hydrogen-bond acceptors (Lipinski definition) is 3. The van der Waals surface area contributed by atoms with Crippen molar-refractivity contribution in [1.29, 1.82) is 0 Å². The average molecular weight is 331 g/mol. The molecule has 0 radical (unpaired) electrons. The van der Waals surface area contributed by atoms with Gasteiger partial charge in [-0.15, -0.1) is 0 Å². The minimum absolute atomic E-state index is 0.332. The minimum Gasteiger partial charge on any atom is -0.337 e. The summed E-state index contributed by atoms with van der Waals surface area (Å²) >= 11 is 0. The lowest BCUT2D eigenvalue weighted by molar-refractivity contribution is -0.136. The fraction of sp³-hybridized carbons (Fsp3) is 0.0500. The van der Waals surface area contributed by atoms with E-state index in [-0.39, 0.29) is 0 Å². The number of anilines is 1. The molecule has 0 bridgehead atoms. The van der Waals surface area contributed by atoms with Crippen molar-refractivity contribution >= 4 is 17.6 Å². The maximum atomic E-state index is 12.4. The summed E-state index contributed by atoms with van der Waals surface area (Å²) in [4.78, 5) is 28.5. The Morgan fingerprint density at radius 3 is 1.80 bits per heavy atom. The first kappa shape index (κ1) is 16.4. The number of carbonyl (C=O) groups excluding carboxylic acids is 2. The summed E-state index contributed by atoms with van der Waals surface area (Å²) < 4.78 is 0. The van der Waals surface area contributed by atoms with Crippen molar-refractivity contribution in [1.82, 2.24) is 10.3 Å². The standard InChI is InChI=1S/C20H17N3O2/c24-19(22-17-13-7-8-14-21-17)20(25)23-18(15-9-3-1-4-10-15)16-11-5-2-6-12-16/h1-14,18H,(H,23,25)(H,21,22,24). The molecule has 0 saturated carbocycles. The van der Waals surface area contributed by atoms with E-state index in [4.69, 9.17) is 0 Å². The van der Waals surface area contributed by atoms with Gasteiger partial charge in [0.1, 0.15) is 5.82 Å². The highest BCUT2D eigenvalue weighted by Gasteiger charge is 2.21. The van der Waals surface area contributed by atoms with Crippen LogP contribution in [0.15, 0.2) is 85.1 Å². The number of aromatic nitrogens is 1. The van der Waals surface area contributed by atoms with Gasteiger partial charge in [0.15, 0.2) is 0 Å². The van der Waals surface area contributed by atoms with Gasteiger partial charge in [-0.1, -0.05) is 66.7 Å². The van der Waals surface area contributed by atoms with Gasteiger partial charge < -0.3 is 10.6 Å². The number of pyridine rings is 1. The lowest BCUT2D eigenvalue weighted by atomic mass is 9.99. The van der Waals surface area contributed by atoms with Crippen molar-refractivity contribution in [3.05, 3.63) is 96.2 Å². The second-order valence-electron chi connectivity index (χ2n) is 5.40. The highest BCUT2D eigenvalue weighted by molar-refractivity contribution is 6.39. The molecule has 1 aromatic heterocycles. The van der Waals surface area contributed by atoms with Crippen LogP contribution in [0.25, 0.3) is 0 Å². The van der Waals surface area contributed by atoms with Gasteiger partial charge in [0.2, 0.25) is 0 Å². The van der Waals surface area contributed by atoms with Gasteiger partial charge in [0, 0.05) is 6.20 Å². The third-order valence-corrected chi connectivity index (χ3v) is 3.65. The lowest BCUT2D eigenvalue weighted by Gasteiger charge is -2.19. The summed E-state index contributed by atoms with van der Waals surface area (Å²) in [6.45, 7) is 0. The smallest absolute Gasteiger partial charge is 0.314 e. The highest BCUT2D eigenvalue weighted by Crippen LogP contribution is 2.21. The Kier molecular flexibility index (Phi) is 5.16. The molecule has 1 heterocycles. The Hall–Kier alpha value is -3.47. The van der Waals surface area contributed by atoms with Crippen molar-refractivity contribution < 1.29 is 9.59 Å². The molecule has 0 aliphatic rings. The molecule has 3 aromatic rings. The SMILES string of the molecule is O=C(Nc1ccccn1)C(=O)NC(c1ccccc1)c1ccccc1. The summed E-state index contributed by atoms with van der Waals surface area (Å²) in [6, 6.07) is 23.7. The topological polar surface area (TPSA) is 71.1 Å². The van der Waals surface area contributed by atoms with Crippen LogP contribution in [0.3, 0.4) is 0 Å². The van der Waals surface area contributed by atoms with Crippen molar-refractivity contribution in [2.75, 3.05) is 5.32 Å². The van der Waals surface area contributed by atoms with Crippen molar-refractivity contribution in [3.63, 3.8) is 0 Å². The lowest BCUT2D eigenvalue weighted by Crippen LogP contribution is -2.38. The summed E-state index contributed by atoms with van der Waals surface area (Å²) in [7, 11) is 0. The molecule has 0 saturated heterocycles. The Morgan fingerprint density at radius 1 is 0.720 bits per heavy atom. The molecule has 0 atom stereocenters. The average Bonchev–Trinajstić information content (AvgIpc) is 2.68. The van der Waals surface area contributed by atoms with E-state index in [9.17, 15) is 9.59 Å². The molecule has 0 fully saturated rings. The van der Waals surface area contributed by atoms with E-state index in [1.165, 1.54) is 0 Å². The molecular formula is C20H17N3O2. The van der Waals surface area contributed by atoms with E-state index in [2.05, 4.69) is 15.6 Å². The molecule has 3 rings (SSSR count). The van der Waals surface area contributed by atoms with Crippen molar-refractivity contribution in [2.24, 2.45) is 0 Å². The van der Waals surface area contributed by atoms with Gasteiger partial charge in [-0.2, -0.15) is 0 Å². The van der Waals surface area contributed by atoms with Crippen LogP contribution < -0.4 is 10.6 Å². The van der Waals surface area contributed by atoms with Crippen LogP contribution in [-0.4, -0.2) is 16.8 Å². The second kappa shape index (κ2) is 7.88. The molecule has 0 spiro atoms. The summed E-state index contributed by atoms with van der Waals surface area (Å²) in [5, 5.41) is 5.28. The van der Waals surface area contributed by atoms with Crippen molar-refractivity contribution in [2.45, 2.75) is 6.04 Å². The molecular weight excluding hydrogens is 314 g/mol. The van der Waals surface area contributed by atoms with Gasteiger partial charge in [-0.3, -0.25) is 9.59 Å². The molecule has 0 unspecified atom stereocenters. The highest BCUT2D eigenvalue weighted by atomic mass is 16.2. The van der Waals surface area contributed by atoms with Crippen LogP contribution in [-0.2, 0) is 9.59 Å². The first-order chi connectivity index (χ1) is 12.2. The number of amides is 2. The van der Waals surface area contributed by atoms with E-state index in [0.29, 0.717) is 5.82 Å². The summed E-state index contributed by atoms with van der Waals surface area (Å²) in [5.74, 6) is -1.14. The summed E-state index contributed by atoms with van der Waals surface area (Å²) in [6.07, 6.45) is 1.55. The van der Waals surface area contributed by atoms with Crippen LogP contribution in [0.1, 0.15) is 17.2 Å². The molecule has 25 heavy (non-hydrogen) atoms. The van der Waals surface area contributed by atoms with Crippen LogP contribution in [0.2, 0.25) is 0 Å². The molecule has 0 aliphatic carbocycles. The van der Waals surface area contributed by atoms with Gasteiger partial charge in [0.25, 0.3) is 0 Å². The Morgan fingerprint density at radius 2 is 1.28 bits per heavy atom. The number of hydrogen-bond donors (Lipinski definition) is 2. The first-order valence-corrected chi connectivity index (χ1v) is 7.87. The zero-order valence-electron chi connectivity index (χ0n) is 13.4. The maximum absolute atomic E-state index is 12.4. The van der Waals surface area contributed by atoms with Gasteiger partial charge in [-0.25, -0.2) is 4.98 Å². The number of nitrogens with one attached hydrogen (secondary N) is 2. The largest absolute Gasteiger partial charge is 0.337 e. The second-order valence-corrected chi connectivity index (χ2v) is 5.40. The Bertz CT molecular complexity index is 797. The van der Waals surface area contributed by atoms with E-state index >= 15 is 0 Å². The molecule has 2 aromatic carbocycles. The molecule has 0 aliphatic heterocycles. The zero-order valence-corrected chi connectivity index (χ0v) is 13.4. The monoisotopic (exact) mass is 331 g/mol. The fourth-order valence-corrected chi connectivity index (χ4v) is 2.46. The quantitative estimate of drug-likeness (QED) is 0.722. The van der Waals surface area contributed by atoms with E-state index in [1.54, 1.807) is 24.4 Å². The van der Waals surface area contributed by atoms with Crippen LogP contribution >= 0.6 is 0 Å². The molecule has 124 valence electrons.